The second-order valence-corrected chi connectivity index (χ2v) is 11.9. The van der Waals surface area contributed by atoms with E-state index in [1.165, 1.54) is 39.7 Å². The minimum Gasteiger partial charge on any atom is -0.469 e. The summed E-state index contributed by atoms with van der Waals surface area (Å²) in [5, 5.41) is 0. The van der Waals surface area contributed by atoms with Crippen molar-refractivity contribution in [3.05, 3.63) is 0 Å². The Kier molecular flexibility index (Phi) is 6.50. The summed E-state index contributed by atoms with van der Waals surface area (Å²) in [6.45, 7) is 8.63. The van der Waals surface area contributed by atoms with Gasteiger partial charge in [-0.3, -0.25) is 14.4 Å². The van der Waals surface area contributed by atoms with Crippen molar-refractivity contribution in [3.63, 3.8) is 0 Å². The Morgan fingerprint density at radius 1 is 1.06 bits per heavy atom. The molecule has 0 heterocycles. The van der Waals surface area contributed by atoms with Crippen LogP contribution in [0.2, 0.25) is 0 Å². The van der Waals surface area contributed by atoms with Crippen molar-refractivity contribution in [3.8, 4) is 0 Å². The van der Waals surface area contributed by atoms with Crippen LogP contribution in [0, 0.1) is 46.3 Å². The Bertz CT molecular complexity index is 761. The number of hydrogen-bond donors (Lipinski definition) is 0. The lowest BCUT2D eigenvalue weighted by molar-refractivity contribution is -0.169. The Labute approximate surface area is 193 Å². The van der Waals surface area contributed by atoms with Gasteiger partial charge in [-0.25, -0.2) is 0 Å². The van der Waals surface area contributed by atoms with Gasteiger partial charge in [0.25, 0.3) is 0 Å². The molecule has 0 unspecified atom stereocenters. The summed E-state index contributed by atoms with van der Waals surface area (Å²) < 4.78 is 10.4. The lowest BCUT2D eigenvalue weighted by Gasteiger charge is -2.60. The quantitative estimate of drug-likeness (QED) is 0.533. The second-order valence-electron chi connectivity index (χ2n) is 11.9. The molecular formula is C27H42O5. The van der Waals surface area contributed by atoms with Crippen LogP contribution in [0.25, 0.3) is 0 Å². The summed E-state index contributed by atoms with van der Waals surface area (Å²) >= 11 is 0. The van der Waals surface area contributed by atoms with Crippen molar-refractivity contribution < 1.29 is 23.9 Å². The molecule has 0 amide bonds. The molecule has 0 bridgehead atoms. The molecule has 4 saturated carbocycles. The minimum atomic E-state index is -0.230. The topological polar surface area (TPSA) is 69.7 Å². The molecule has 4 aliphatic carbocycles. The first-order chi connectivity index (χ1) is 15.1. The first kappa shape index (κ1) is 23.8. The number of esters is 2. The lowest BCUT2D eigenvalue weighted by Crippen LogP contribution is -2.57. The van der Waals surface area contributed by atoms with Crippen molar-refractivity contribution in [1.29, 1.82) is 0 Å². The van der Waals surface area contributed by atoms with Gasteiger partial charge in [-0.05, 0) is 91.8 Å². The van der Waals surface area contributed by atoms with Crippen LogP contribution in [0.3, 0.4) is 0 Å². The molecule has 9 atom stereocenters. The summed E-state index contributed by atoms with van der Waals surface area (Å²) in [5.74, 6) is 2.95. The van der Waals surface area contributed by atoms with Gasteiger partial charge in [0.1, 0.15) is 11.9 Å². The summed E-state index contributed by atoms with van der Waals surface area (Å²) in [6, 6.07) is 0. The van der Waals surface area contributed by atoms with Crippen LogP contribution >= 0.6 is 0 Å². The number of ether oxygens (including phenoxy) is 2. The number of Topliss-reactive ketones (excluding diaryl/α,β-unsaturated/α-hetero) is 1. The van der Waals surface area contributed by atoms with Crippen LogP contribution in [-0.2, 0) is 23.9 Å². The van der Waals surface area contributed by atoms with E-state index in [9.17, 15) is 14.4 Å². The highest BCUT2D eigenvalue weighted by Crippen LogP contribution is 2.67. The highest BCUT2D eigenvalue weighted by molar-refractivity contribution is 5.83. The number of carbonyl (C=O) groups is 3. The average Bonchev–Trinajstić information content (AvgIpc) is 3.10. The van der Waals surface area contributed by atoms with Crippen LogP contribution in [0.4, 0.5) is 0 Å². The van der Waals surface area contributed by atoms with E-state index in [1.54, 1.807) is 0 Å². The molecule has 0 aromatic heterocycles. The molecule has 0 aromatic rings. The van der Waals surface area contributed by atoms with E-state index >= 15 is 0 Å². The molecule has 0 aliphatic heterocycles. The minimum absolute atomic E-state index is 0.0439. The fourth-order valence-corrected chi connectivity index (χ4v) is 8.97. The third-order valence-electron chi connectivity index (χ3n) is 10.5. The molecule has 0 radical (unpaired) electrons. The maximum atomic E-state index is 13.4. The van der Waals surface area contributed by atoms with Crippen LogP contribution in [-0.4, -0.2) is 30.9 Å². The monoisotopic (exact) mass is 446 g/mol. The van der Waals surface area contributed by atoms with Crippen molar-refractivity contribution >= 4 is 17.7 Å². The molecule has 4 aliphatic rings. The molecule has 0 saturated heterocycles. The molecule has 32 heavy (non-hydrogen) atoms. The standard InChI is InChI=1S/C27H42O5/c1-16(6-9-25(30)31-5)20-7-8-21-19-15-24(29)23-14-18(32-17(2)28)10-12-27(23,4)22(19)11-13-26(20,21)3/h16,18-23H,6-15H2,1-5H3/t16-,18-,19+,20-,21+,22-,23-,26-,27-/m1/s1. The van der Waals surface area contributed by atoms with Gasteiger partial charge in [0.15, 0.2) is 0 Å². The van der Waals surface area contributed by atoms with Crippen molar-refractivity contribution in [1.82, 2.24) is 0 Å². The number of carbonyl (C=O) groups excluding carboxylic acids is 3. The van der Waals surface area contributed by atoms with Crippen LogP contribution in [0.5, 0.6) is 0 Å². The summed E-state index contributed by atoms with van der Waals surface area (Å²) in [4.78, 5) is 36.6. The van der Waals surface area contributed by atoms with Gasteiger partial charge < -0.3 is 9.47 Å². The van der Waals surface area contributed by atoms with Crippen molar-refractivity contribution in [2.45, 2.75) is 98.0 Å². The molecule has 5 heteroatoms. The normalized spacial score (nSPS) is 44.1. The van der Waals surface area contributed by atoms with Gasteiger partial charge >= 0.3 is 11.9 Å². The predicted molar refractivity (Wildman–Crippen MR) is 122 cm³/mol. The molecule has 0 N–H and O–H groups in total. The number of hydrogen-bond acceptors (Lipinski definition) is 5. The van der Waals surface area contributed by atoms with Crippen LogP contribution in [0.1, 0.15) is 91.9 Å². The second kappa shape index (κ2) is 8.76. The van der Waals surface area contributed by atoms with E-state index in [1.807, 2.05) is 0 Å². The summed E-state index contributed by atoms with van der Waals surface area (Å²) in [6.07, 6.45) is 9.48. The smallest absolute Gasteiger partial charge is 0.305 e. The zero-order valence-corrected chi connectivity index (χ0v) is 20.7. The highest BCUT2D eigenvalue weighted by Gasteiger charge is 2.62. The highest BCUT2D eigenvalue weighted by atomic mass is 16.5. The van der Waals surface area contributed by atoms with Crippen LogP contribution in [0.15, 0.2) is 0 Å². The molecule has 4 fully saturated rings. The van der Waals surface area contributed by atoms with Crippen molar-refractivity contribution in [2.75, 3.05) is 7.11 Å². The maximum absolute atomic E-state index is 13.4. The number of fused-ring (bicyclic) bond motifs is 5. The van der Waals surface area contributed by atoms with E-state index in [-0.39, 0.29) is 34.8 Å². The fraction of sp³-hybridized carbons (Fsp3) is 0.889. The largest absolute Gasteiger partial charge is 0.469 e. The first-order valence-corrected chi connectivity index (χ1v) is 12.9. The van der Waals surface area contributed by atoms with E-state index < -0.39 is 0 Å². The first-order valence-electron chi connectivity index (χ1n) is 12.9. The number of rotatable bonds is 5. The van der Waals surface area contributed by atoms with Gasteiger partial charge in [0, 0.05) is 25.7 Å². The average molecular weight is 447 g/mol. The maximum Gasteiger partial charge on any atom is 0.305 e. The van der Waals surface area contributed by atoms with E-state index in [0.717, 1.165) is 19.3 Å². The van der Waals surface area contributed by atoms with Gasteiger partial charge in [-0.1, -0.05) is 20.8 Å². The predicted octanol–water partition coefficient (Wildman–Crippen LogP) is 5.35. The number of methoxy groups -OCH3 is 1. The molecule has 5 nitrogen and oxygen atoms in total. The Balaban J connectivity index is 1.50. The molecule has 4 rings (SSSR count). The van der Waals surface area contributed by atoms with E-state index in [0.29, 0.717) is 54.6 Å². The molecule has 180 valence electrons. The Morgan fingerprint density at radius 3 is 2.44 bits per heavy atom. The SMILES string of the molecule is COC(=O)CC[C@@H](C)[C@H]1CC[C@H]2[C@@H]3CC(=O)[C@H]4C[C@H](OC(C)=O)CC[C@]4(C)[C@@H]3CC[C@]12C. The molecule has 0 spiro atoms. The van der Waals surface area contributed by atoms with Crippen molar-refractivity contribution in [2.24, 2.45) is 46.3 Å². The van der Waals surface area contributed by atoms with Crippen LogP contribution < -0.4 is 0 Å². The van der Waals surface area contributed by atoms with Gasteiger partial charge in [-0.2, -0.15) is 0 Å². The lowest BCUT2D eigenvalue weighted by atomic mass is 9.44. The zero-order valence-electron chi connectivity index (χ0n) is 20.7. The van der Waals surface area contributed by atoms with E-state index in [4.69, 9.17) is 9.47 Å². The third-order valence-corrected chi connectivity index (χ3v) is 10.5. The fourth-order valence-electron chi connectivity index (χ4n) is 8.97. The van der Waals surface area contributed by atoms with Gasteiger partial charge in [0.2, 0.25) is 0 Å². The summed E-state index contributed by atoms with van der Waals surface area (Å²) in [7, 11) is 1.47. The zero-order chi connectivity index (χ0) is 23.3. The Hall–Kier alpha value is -1.39. The molecular weight excluding hydrogens is 404 g/mol. The third kappa shape index (κ3) is 3.92. The van der Waals surface area contributed by atoms with Gasteiger partial charge in [0.05, 0.1) is 7.11 Å². The number of ketones is 1. The van der Waals surface area contributed by atoms with E-state index in [2.05, 4.69) is 20.8 Å². The molecule has 0 aromatic carbocycles. The van der Waals surface area contributed by atoms with Gasteiger partial charge in [-0.15, -0.1) is 0 Å². The Morgan fingerprint density at radius 2 is 1.75 bits per heavy atom. The summed E-state index contributed by atoms with van der Waals surface area (Å²) in [5.41, 5.74) is 0.321.